The number of nitrogens with one attached hydrogen (secondary N) is 1. The van der Waals surface area contributed by atoms with Crippen LogP contribution >= 0.6 is 12.4 Å². The van der Waals surface area contributed by atoms with Gasteiger partial charge in [-0.05, 0) is 57.9 Å². The summed E-state index contributed by atoms with van der Waals surface area (Å²) in [6.07, 6.45) is -7.08. The molecule has 0 aromatic carbocycles. The number of ether oxygens (including phenoxy) is 1. The van der Waals surface area contributed by atoms with Gasteiger partial charge >= 0.3 is 18.4 Å². The van der Waals surface area contributed by atoms with Gasteiger partial charge in [0.25, 0.3) is 0 Å². The first-order valence-electron chi connectivity index (χ1n) is 19.5. The SMILES string of the molecule is CC(C)(C)OC(=O)N1C[C@H](F)CC1C(=O)CCc1cc(-c2ccc(C(F)(F)F)nc2)c(C#N)cn1.Cl.N#Cc1cnc(CCC(=O)C2C[C@@H](F)CN2)cc1-c1ccc(C(F)(F)F)nc1. The molecule has 2 fully saturated rings. The van der Waals surface area contributed by atoms with E-state index in [1.54, 1.807) is 26.8 Å². The van der Waals surface area contributed by atoms with Crippen LogP contribution in [0.15, 0.2) is 61.2 Å². The number of aryl methyl sites for hydroxylation is 2. The predicted octanol–water partition coefficient (Wildman–Crippen LogP) is 8.54. The predicted molar refractivity (Wildman–Crippen MR) is 216 cm³/mol. The smallest absolute Gasteiger partial charge is 0.433 e. The van der Waals surface area contributed by atoms with E-state index in [2.05, 4.69) is 25.3 Å². The second kappa shape index (κ2) is 21.0. The van der Waals surface area contributed by atoms with Crippen molar-refractivity contribution in [2.45, 2.75) is 102 Å². The number of rotatable bonds is 10. The van der Waals surface area contributed by atoms with E-state index in [0.29, 0.717) is 28.1 Å². The molecule has 4 atom stereocenters. The molecule has 340 valence electrons. The van der Waals surface area contributed by atoms with E-state index in [9.17, 15) is 60.0 Å². The van der Waals surface area contributed by atoms with Gasteiger partial charge in [0.05, 0.1) is 29.8 Å². The zero-order chi connectivity index (χ0) is 46.3. The molecule has 6 heterocycles. The third kappa shape index (κ3) is 13.4. The number of likely N-dealkylation sites (tertiary alicyclic amines) is 1. The van der Waals surface area contributed by atoms with Crippen LogP contribution in [0, 0.1) is 22.7 Å². The largest absolute Gasteiger partial charge is 0.444 e. The molecule has 2 unspecified atom stereocenters. The molecule has 0 spiro atoms. The number of pyridine rings is 4. The van der Waals surface area contributed by atoms with Gasteiger partial charge in [-0.2, -0.15) is 36.9 Å². The van der Waals surface area contributed by atoms with E-state index >= 15 is 0 Å². The Morgan fingerprint density at radius 3 is 1.61 bits per heavy atom. The van der Waals surface area contributed by atoms with Crippen molar-refractivity contribution in [2.75, 3.05) is 13.1 Å². The molecule has 0 bridgehead atoms. The molecule has 2 aliphatic heterocycles. The number of aromatic nitrogens is 4. The highest BCUT2D eigenvalue weighted by molar-refractivity contribution is 5.88. The summed E-state index contributed by atoms with van der Waals surface area (Å²) in [7, 11) is 0. The average molecular weight is 921 g/mol. The van der Waals surface area contributed by atoms with E-state index in [0.717, 1.165) is 29.4 Å². The molecule has 2 saturated heterocycles. The number of halogens is 9. The topological polar surface area (TPSA) is 175 Å². The summed E-state index contributed by atoms with van der Waals surface area (Å²) in [5.74, 6) is -0.482. The lowest BCUT2D eigenvalue weighted by molar-refractivity contribution is -0.141. The van der Waals surface area contributed by atoms with Crippen molar-refractivity contribution < 1.29 is 54.2 Å². The zero-order valence-electron chi connectivity index (χ0n) is 34.4. The van der Waals surface area contributed by atoms with Gasteiger partial charge in [-0.15, -0.1) is 12.4 Å². The van der Waals surface area contributed by atoms with E-state index in [4.69, 9.17) is 4.74 Å². The Hall–Kier alpha value is -6.12. The van der Waals surface area contributed by atoms with Gasteiger partial charge in [0.15, 0.2) is 5.78 Å². The number of nitriles is 2. The van der Waals surface area contributed by atoms with Crippen LogP contribution in [0.2, 0.25) is 0 Å². The van der Waals surface area contributed by atoms with Gasteiger partial charge in [-0.1, -0.05) is 12.1 Å². The van der Waals surface area contributed by atoms with Gasteiger partial charge in [0, 0.05) is 90.7 Å². The standard InChI is InChI=1S/C24H24F4N4O3.C19H16F4N4O.ClH/c1-23(2,3)35-22(34)32-13-16(25)8-19(32)20(33)6-5-17-9-18(15(10-29)12-30-17)14-4-7-21(31-11-14)24(26,27)28;20-13-5-16(26-10-13)17(28)3-2-14-6-15(12(7-24)9-25-14)11-1-4-18(27-8-11)19(21,22)23;/h4,7,9,11-12,16,19H,5-6,8,13H2,1-3H3;1,4,6,8-9,13,16,26H,2-3,5,10H2;1H/t16-,19?;13-,16?;/m11./s1. The number of hydrogen-bond donors (Lipinski definition) is 1. The molecular weight excluding hydrogens is 880 g/mol. The highest BCUT2D eigenvalue weighted by atomic mass is 35.5. The summed E-state index contributed by atoms with van der Waals surface area (Å²) in [4.78, 5) is 53.6. The number of carbonyl (C=O) groups excluding carboxylic acids is 3. The van der Waals surface area contributed by atoms with Crippen LogP contribution in [-0.2, 0) is 39.5 Å². The third-order valence-electron chi connectivity index (χ3n) is 9.86. The molecule has 1 amide bonds. The minimum Gasteiger partial charge on any atom is -0.444 e. The number of hydrogen-bond acceptors (Lipinski definition) is 11. The Bertz CT molecular complexity index is 2380. The minimum absolute atomic E-state index is 0. The Balaban J connectivity index is 0.000000283. The number of amides is 1. The minimum atomic E-state index is -4.59. The molecule has 0 aliphatic carbocycles. The highest BCUT2D eigenvalue weighted by Gasteiger charge is 2.41. The maximum absolute atomic E-state index is 14.0. The van der Waals surface area contributed by atoms with Crippen LogP contribution in [0.1, 0.15) is 80.4 Å². The monoisotopic (exact) mass is 920 g/mol. The van der Waals surface area contributed by atoms with Crippen molar-refractivity contribution in [3.8, 4) is 34.4 Å². The van der Waals surface area contributed by atoms with Gasteiger partial charge in [0.2, 0.25) is 0 Å². The molecule has 4 aromatic rings. The lowest BCUT2D eigenvalue weighted by Crippen LogP contribution is -2.43. The Morgan fingerprint density at radius 1 is 0.734 bits per heavy atom. The van der Waals surface area contributed by atoms with Crippen LogP contribution in [0.4, 0.5) is 39.9 Å². The maximum atomic E-state index is 14.0. The number of alkyl halides is 8. The Kier molecular flexibility index (Phi) is 16.6. The van der Waals surface area contributed by atoms with Gasteiger partial charge in [-0.25, -0.2) is 13.6 Å². The van der Waals surface area contributed by atoms with Crippen molar-refractivity contribution in [3.63, 3.8) is 0 Å². The molecule has 64 heavy (non-hydrogen) atoms. The lowest BCUT2D eigenvalue weighted by Gasteiger charge is -2.27. The van der Waals surface area contributed by atoms with Crippen molar-refractivity contribution >= 4 is 30.1 Å². The zero-order valence-corrected chi connectivity index (χ0v) is 35.3. The molecule has 0 saturated carbocycles. The molecule has 1 N–H and O–H groups in total. The summed E-state index contributed by atoms with van der Waals surface area (Å²) in [5.41, 5.74) is -0.285. The normalized spacial score (nSPS) is 18.5. The molecule has 4 aromatic heterocycles. The first kappa shape index (κ1) is 50.5. The van der Waals surface area contributed by atoms with E-state index in [-0.39, 0.29) is 92.3 Å². The van der Waals surface area contributed by atoms with Crippen LogP contribution in [0.5, 0.6) is 0 Å². The number of ketones is 2. The first-order chi connectivity index (χ1) is 29.6. The second-order valence-corrected chi connectivity index (χ2v) is 15.7. The Labute approximate surface area is 368 Å². The van der Waals surface area contributed by atoms with E-state index < -0.39 is 59.9 Å². The number of carbonyl (C=O) groups is 3. The van der Waals surface area contributed by atoms with Gasteiger partial charge in [-0.3, -0.25) is 34.4 Å². The van der Waals surface area contributed by atoms with Crippen molar-refractivity contribution in [1.29, 1.82) is 10.5 Å². The molecular formula is C43H41ClF8N8O4. The number of Topliss-reactive ketones (excluding diaryl/α,β-unsaturated/α-hetero) is 2. The van der Waals surface area contributed by atoms with Gasteiger partial charge in [0.1, 0.15) is 47.3 Å². The molecule has 12 nitrogen and oxygen atoms in total. The molecule has 0 radical (unpaired) electrons. The van der Waals surface area contributed by atoms with Crippen LogP contribution in [-0.4, -0.2) is 85.6 Å². The first-order valence-corrected chi connectivity index (χ1v) is 19.5. The fourth-order valence-corrected chi connectivity index (χ4v) is 6.76. The fourth-order valence-electron chi connectivity index (χ4n) is 6.76. The summed E-state index contributed by atoms with van der Waals surface area (Å²) >= 11 is 0. The second-order valence-electron chi connectivity index (χ2n) is 15.7. The van der Waals surface area contributed by atoms with Crippen molar-refractivity contribution in [1.82, 2.24) is 30.2 Å². The maximum Gasteiger partial charge on any atom is 0.433 e. The van der Waals surface area contributed by atoms with E-state index in [1.165, 1.54) is 30.6 Å². The molecule has 2 aliphatic rings. The Morgan fingerprint density at radius 2 is 1.22 bits per heavy atom. The van der Waals surface area contributed by atoms with Gasteiger partial charge < -0.3 is 10.1 Å². The average Bonchev–Trinajstić information content (AvgIpc) is 3.86. The van der Waals surface area contributed by atoms with Crippen LogP contribution in [0.25, 0.3) is 22.3 Å². The van der Waals surface area contributed by atoms with Crippen LogP contribution < -0.4 is 5.32 Å². The van der Waals surface area contributed by atoms with Crippen LogP contribution in [0.3, 0.4) is 0 Å². The summed E-state index contributed by atoms with van der Waals surface area (Å²) < 4.78 is 109. The lowest BCUT2D eigenvalue weighted by atomic mass is 9.99. The molecule has 6 rings (SSSR count). The summed E-state index contributed by atoms with van der Waals surface area (Å²) in [5, 5.41) is 21.5. The summed E-state index contributed by atoms with van der Waals surface area (Å²) in [6.45, 7) is 4.95. The fraction of sp³-hybridized carbons (Fsp3) is 0.419. The molecule has 21 heteroatoms. The van der Waals surface area contributed by atoms with Crippen molar-refractivity contribution in [2.24, 2.45) is 0 Å². The summed E-state index contributed by atoms with van der Waals surface area (Å²) in [6, 6.07) is 9.61. The highest BCUT2D eigenvalue weighted by Crippen LogP contribution is 2.32. The number of nitrogens with zero attached hydrogens (tertiary/aromatic N) is 7. The van der Waals surface area contributed by atoms with Crippen molar-refractivity contribution in [3.05, 3.63) is 95.1 Å². The van der Waals surface area contributed by atoms with E-state index in [1.807, 2.05) is 12.1 Å². The third-order valence-corrected chi connectivity index (χ3v) is 9.86. The quantitative estimate of drug-likeness (QED) is 0.151.